The molecule has 2 heterocycles. The second kappa shape index (κ2) is 8.95. The van der Waals surface area contributed by atoms with Crippen LogP contribution in [0.25, 0.3) is 74.8 Å². The van der Waals surface area contributed by atoms with E-state index in [1.165, 1.54) is 42.1 Å². The molecule has 0 fully saturated rings. The summed E-state index contributed by atoms with van der Waals surface area (Å²) < 4.78 is 4.81. The van der Waals surface area contributed by atoms with Crippen LogP contribution in [0.2, 0.25) is 0 Å². The van der Waals surface area contributed by atoms with E-state index in [2.05, 4.69) is 131 Å². The minimum Gasteiger partial charge on any atom is -0.310 e. The van der Waals surface area contributed by atoms with Gasteiger partial charge in [-0.15, -0.1) is 11.3 Å². The quantitative estimate of drug-likeness (QED) is 0.203. The average molecular weight is 527 g/mol. The van der Waals surface area contributed by atoms with E-state index in [1.807, 2.05) is 23.5 Å². The normalized spacial score (nSPS) is 11.5. The van der Waals surface area contributed by atoms with Crippen LogP contribution >= 0.6 is 11.3 Å². The van der Waals surface area contributed by atoms with E-state index in [4.69, 9.17) is 6.57 Å². The Balaban J connectivity index is 1.37. The first kappa shape index (κ1) is 22.8. The van der Waals surface area contributed by atoms with Crippen LogP contribution in [0.5, 0.6) is 0 Å². The maximum Gasteiger partial charge on any atom is 0.189 e. The lowest BCUT2D eigenvalue weighted by Gasteiger charge is -2.12. The summed E-state index contributed by atoms with van der Waals surface area (Å²) in [6.07, 6.45) is 0. The predicted octanol–water partition coefficient (Wildman–Crippen LogP) is 11.0. The van der Waals surface area contributed by atoms with Crippen LogP contribution in [0.15, 0.2) is 133 Å². The number of benzene rings is 6. The van der Waals surface area contributed by atoms with Crippen LogP contribution in [0.1, 0.15) is 0 Å². The van der Waals surface area contributed by atoms with Crippen LogP contribution in [0.3, 0.4) is 0 Å². The van der Waals surface area contributed by atoms with Gasteiger partial charge < -0.3 is 4.57 Å². The van der Waals surface area contributed by atoms with Gasteiger partial charge in [-0.1, -0.05) is 91.0 Å². The molecule has 0 saturated carbocycles. The third kappa shape index (κ3) is 3.48. The Kier molecular flexibility index (Phi) is 5.10. The van der Waals surface area contributed by atoms with Crippen molar-refractivity contribution in [2.24, 2.45) is 0 Å². The standard InChI is InChI=1S/C37H22N2S/c1-38-27-20-26(21-28(23-27)39-34-16-7-5-12-30(34)31-13-6-8-17-35(31)39)29-14-9-15-32-33-22-25(24-10-3-2-4-11-24)18-19-36(33)40-37(29)32/h2-23H. The highest BCUT2D eigenvalue weighted by atomic mass is 32.1. The minimum absolute atomic E-state index is 0.638. The molecule has 8 rings (SSSR count). The molecule has 40 heavy (non-hydrogen) atoms. The van der Waals surface area contributed by atoms with Gasteiger partial charge in [-0.05, 0) is 64.7 Å². The number of para-hydroxylation sites is 2. The van der Waals surface area contributed by atoms with Gasteiger partial charge in [0.25, 0.3) is 0 Å². The lowest BCUT2D eigenvalue weighted by Crippen LogP contribution is -1.94. The maximum atomic E-state index is 7.93. The molecule has 0 atom stereocenters. The summed E-state index contributed by atoms with van der Waals surface area (Å²) in [4.78, 5) is 3.90. The van der Waals surface area contributed by atoms with Gasteiger partial charge in [0.2, 0.25) is 0 Å². The largest absolute Gasteiger partial charge is 0.310 e. The fourth-order valence-corrected chi connectivity index (χ4v) is 7.20. The van der Waals surface area contributed by atoms with E-state index in [-0.39, 0.29) is 0 Å². The molecule has 0 aliphatic rings. The molecule has 0 aliphatic heterocycles. The molecule has 6 aromatic carbocycles. The molecule has 8 aromatic rings. The molecule has 3 heteroatoms. The van der Waals surface area contributed by atoms with Gasteiger partial charge in [0.15, 0.2) is 5.69 Å². The Bertz CT molecular complexity index is 2230. The Morgan fingerprint density at radius 2 is 1.23 bits per heavy atom. The zero-order valence-corrected chi connectivity index (χ0v) is 22.3. The smallest absolute Gasteiger partial charge is 0.189 e. The molecule has 0 unspecified atom stereocenters. The van der Waals surface area contributed by atoms with Crippen molar-refractivity contribution in [2.75, 3.05) is 0 Å². The predicted molar refractivity (Wildman–Crippen MR) is 171 cm³/mol. The number of thiophene rings is 1. The van der Waals surface area contributed by atoms with Crippen molar-refractivity contribution in [3.63, 3.8) is 0 Å². The number of hydrogen-bond acceptors (Lipinski definition) is 1. The Labute approximate surface area is 235 Å². The summed E-state index contributed by atoms with van der Waals surface area (Å²) in [5.74, 6) is 0. The fraction of sp³-hybridized carbons (Fsp3) is 0. The van der Waals surface area contributed by atoms with Crippen molar-refractivity contribution < 1.29 is 0 Å². The topological polar surface area (TPSA) is 9.29 Å². The summed E-state index contributed by atoms with van der Waals surface area (Å²) in [6, 6.07) is 47.2. The van der Waals surface area contributed by atoms with Crippen molar-refractivity contribution in [3.05, 3.63) is 145 Å². The number of aromatic nitrogens is 1. The van der Waals surface area contributed by atoms with Crippen LogP contribution in [-0.2, 0) is 0 Å². The number of nitrogens with zero attached hydrogens (tertiary/aromatic N) is 2. The summed E-state index contributed by atoms with van der Waals surface area (Å²) in [6.45, 7) is 7.93. The van der Waals surface area contributed by atoms with Crippen molar-refractivity contribution in [2.45, 2.75) is 0 Å². The lowest BCUT2D eigenvalue weighted by atomic mass is 9.99. The Morgan fingerprint density at radius 3 is 1.98 bits per heavy atom. The molecule has 0 saturated heterocycles. The van der Waals surface area contributed by atoms with E-state index in [1.54, 1.807) is 0 Å². The summed E-state index contributed by atoms with van der Waals surface area (Å²) in [5.41, 5.74) is 8.60. The number of hydrogen-bond donors (Lipinski definition) is 0. The molecule has 2 nitrogen and oxygen atoms in total. The molecular formula is C37H22N2S. The third-order valence-electron chi connectivity index (χ3n) is 7.78. The van der Waals surface area contributed by atoms with Gasteiger partial charge in [0, 0.05) is 36.6 Å². The third-order valence-corrected chi connectivity index (χ3v) is 9.00. The van der Waals surface area contributed by atoms with E-state index >= 15 is 0 Å². The highest BCUT2D eigenvalue weighted by Gasteiger charge is 2.16. The summed E-state index contributed by atoms with van der Waals surface area (Å²) in [5, 5.41) is 4.96. The molecule has 2 aromatic heterocycles. The fourth-order valence-electron chi connectivity index (χ4n) is 5.98. The molecule has 0 N–H and O–H groups in total. The summed E-state index contributed by atoms with van der Waals surface area (Å²) >= 11 is 1.82. The lowest BCUT2D eigenvalue weighted by molar-refractivity contribution is 1.18. The molecule has 0 aliphatic carbocycles. The SMILES string of the molecule is [C-]#[N+]c1cc(-c2cccc3c2sc2ccc(-c4ccccc4)cc23)cc(-n2c3ccccc3c3ccccc32)c1. The highest BCUT2D eigenvalue weighted by molar-refractivity contribution is 7.26. The van der Waals surface area contributed by atoms with Crippen LogP contribution in [-0.4, -0.2) is 4.57 Å². The highest BCUT2D eigenvalue weighted by Crippen LogP contribution is 2.43. The van der Waals surface area contributed by atoms with Crippen molar-refractivity contribution in [3.8, 4) is 27.9 Å². The number of rotatable bonds is 3. The van der Waals surface area contributed by atoms with Crippen molar-refractivity contribution in [1.29, 1.82) is 0 Å². The first-order valence-electron chi connectivity index (χ1n) is 13.3. The van der Waals surface area contributed by atoms with Gasteiger partial charge in [-0.2, -0.15) is 0 Å². The van der Waals surface area contributed by atoms with Crippen LogP contribution < -0.4 is 0 Å². The van der Waals surface area contributed by atoms with Gasteiger partial charge in [-0.3, -0.25) is 0 Å². The molecule has 186 valence electrons. The van der Waals surface area contributed by atoms with Gasteiger partial charge in [-0.25, -0.2) is 4.85 Å². The van der Waals surface area contributed by atoms with Crippen LogP contribution in [0.4, 0.5) is 5.69 Å². The second-order valence-corrected chi connectivity index (χ2v) is 11.1. The van der Waals surface area contributed by atoms with E-state index in [0.29, 0.717) is 5.69 Å². The van der Waals surface area contributed by atoms with E-state index < -0.39 is 0 Å². The zero-order chi connectivity index (χ0) is 26.6. The molecule has 0 bridgehead atoms. The van der Waals surface area contributed by atoms with E-state index in [0.717, 1.165) is 27.8 Å². The van der Waals surface area contributed by atoms with Crippen molar-refractivity contribution >= 4 is 59.0 Å². The van der Waals surface area contributed by atoms with Crippen molar-refractivity contribution in [1.82, 2.24) is 4.57 Å². The minimum atomic E-state index is 0.638. The molecular weight excluding hydrogens is 504 g/mol. The first-order chi connectivity index (χ1) is 19.8. The van der Waals surface area contributed by atoms with Gasteiger partial charge >= 0.3 is 0 Å². The monoisotopic (exact) mass is 526 g/mol. The zero-order valence-electron chi connectivity index (χ0n) is 21.5. The Morgan fingerprint density at radius 1 is 0.525 bits per heavy atom. The summed E-state index contributed by atoms with van der Waals surface area (Å²) in [7, 11) is 0. The second-order valence-electron chi connectivity index (χ2n) is 10.1. The van der Waals surface area contributed by atoms with Gasteiger partial charge in [0.1, 0.15) is 0 Å². The Hall–Kier alpha value is -5.17. The molecule has 0 spiro atoms. The number of fused-ring (bicyclic) bond motifs is 6. The van der Waals surface area contributed by atoms with E-state index in [9.17, 15) is 0 Å². The molecule has 0 amide bonds. The van der Waals surface area contributed by atoms with Crippen LogP contribution in [0, 0.1) is 6.57 Å². The molecule has 0 radical (unpaired) electrons. The maximum absolute atomic E-state index is 7.93. The first-order valence-corrected chi connectivity index (χ1v) is 14.1. The van der Waals surface area contributed by atoms with Gasteiger partial charge in [0.05, 0.1) is 17.6 Å². The average Bonchev–Trinajstić information content (AvgIpc) is 3.57.